The minimum Gasteiger partial charge on any atom is -0.312 e. The zero-order valence-electron chi connectivity index (χ0n) is 10.2. The summed E-state index contributed by atoms with van der Waals surface area (Å²) in [7, 11) is 4.23. The molecule has 0 spiro atoms. The van der Waals surface area contributed by atoms with Crippen molar-refractivity contribution in [3.63, 3.8) is 0 Å². The van der Waals surface area contributed by atoms with Gasteiger partial charge in [-0.25, -0.2) is 4.98 Å². The number of nitrogens with one attached hydrogen (secondary N) is 1. The van der Waals surface area contributed by atoms with Crippen LogP contribution >= 0.6 is 11.3 Å². The standard InChI is InChI=1S/C12H21N3S/c1-15(2)7-3-6-13-8-11-9-14-12(16-11)10-4-5-10/h9-10,13H,3-8H2,1-2H3. The Balaban J connectivity index is 1.61. The summed E-state index contributed by atoms with van der Waals surface area (Å²) in [6, 6.07) is 0. The highest BCUT2D eigenvalue weighted by atomic mass is 32.1. The molecule has 16 heavy (non-hydrogen) atoms. The van der Waals surface area contributed by atoms with Gasteiger partial charge in [-0.1, -0.05) is 0 Å². The van der Waals surface area contributed by atoms with Gasteiger partial charge in [0.1, 0.15) is 0 Å². The third kappa shape index (κ3) is 3.85. The summed E-state index contributed by atoms with van der Waals surface area (Å²) >= 11 is 1.88. The van der Waals surface area contributed by atoms with Crippen LogP contribution in [0.25, 0.3) is 0 Å². The average Bonchev–Trinajstić information content (AvgIpc) is 2.99. The van der Waals surface area contributed by atoms with Gasteiger partial charge in [-0.2, -0.15) is 0 Å². The van der Waals surface area contributed by atoms with Crippen LogP contribution in [0.5, 0.6) is 0 Å². The molecule has 4 heteroatoms. The normalized spacial score (nSPS) is 15.9. The van der Waals surface area contributed by atoms with E-state index >= 15 is 0 Å². The maximum Gasteiger partial charge on any atom is 0.0959 e. The van der Waals surface area contributed by atoms with Gasteiger partial charge in [0, 0.05) is 23.5 Å². The number of aromatic nitrogens is 1. The summed E-state index contributed by atoms with van der Waals surface area (Å²) in [5, 5.41) is 4.83. The van der Waals surface area contributed by atoms with Gasteiger partial charge in [-0.3, -0.25) is 0 Å². The minimum atomic E-state index is 0.799. The summed E-state index contributed by atoms with van der Waals surface area (Å²) in [5.41, 5.74) is 0. The van der Waals surface area contributed by atoms with E-state index in [0.717, 1.165) is 25.6 Å². The number of thiazole rings is 1. The Hall–Kier alpha value is -0.450. The lowest BCUT2D eigenvalue weighted by Crippen LogP contribution is -2.20. The van der Waals surface area contributed by atoms with E-state index in [1.165, 1.54) is 29.1 Å². The van der Waals surface area contributed by atoms with Crippen LogP contribution in [-0.4, -0.2) is 37.1 Å². The van der Waals surface area contributed by atoms with Crippen LogP contribution in [0.1, 0.15) is 35.1 Å². The summed E-state index contributed by atoms with van der Waals surface area (Å²) in [6.45, 7) is 3.23. The van der Waals surface area contributed by atoms with E-state index in [-0.39, 0.29) is 0 Å². The average molecular weight is 239 g/mol. The van der Waals surface area contributed by atoms with E-state index in [2.05, 4.69) is 29.3 Å². The maximum absolute atomic E-state index is 4.48. The fraction of sp³-hybridized carbons (Fsp3) is 0.750. The zero-order valence-corrected chi connectivity index (χ0v) is 11.0. The lowest BCUT2D eigenvalue weighted by molar-refractivity contribution is 0.394. The van der Waals surface area contributed by atoms with Gasteiger partial charge >= 0.3 is 0 Å². The highest BCUT2D eigenvalue weighted by Crippen LogP contribution is 2.41. The summed E-state index contributed by atoms with van der Waals surface area (Å²) in [5.74, 6) is 0.799. The number of hydrogen-bond acceptors (Lipinski definition) is 4. The lowest BCUT2D eigenvalue weighted by Gasteiger charge is -2.08. The van der Waals surface area contributed by atoms with Crippen LogP contribution in [0.3, 0.4) is 0 Å². The monoisotopic (exact) mass is 239 g/mol. The number of hydrogen-bond donors (Lipinski definition) is 1. The van der Waals surface area contributed by atoms with Crippen LogP contribution in [0, 0.1) is 0 Å². The molecular weight excluding hydrogens is 218 g/mol. The van der Waals surface area contributed by atoms with Crippen molar-refractivity contribution in [1.82, 2.24) is 15.2 Å². The molecule has 0 saturated heterocycles. The van der Waals surface area contributed by atoms with Gasteiger partial charge in [-0.15, -0.1) is 11.3 Å². The molecule has 1 fully saturated rings. The van der Waals surface area contributed by atoms with Crippen molar-refractivity contribution in [1.29, 1.82) is 0 Å². The first-order valence-electron chi connectivity index (χ1n) is 6.06. The Morgan fingerprint density at radius 3 is 3.00 bits per heavy atom. The van der Waals surface area contributed by atoms with Gasteiger partial charge in [-0.05, 0) is 46.4 Å². The van der Waals surface area contributed by atoms with Gasteiger partial charge in [0.2, 0.25) is 0 Å². The largest absolute Gasteiger partial charge is 0.312 e. The molecule has 1 saturated carbocycles. The van der Waals surface area contributed by atoms with E-state index in [9.17, 15) is 0 Å². The second-order valence-corrected chi connectivity index (χ2v) is 5.92. The van der Waals surface area contributed by atoms with Crippen LogP contribution in [0.4, 0.5) is 0 Å². The maximum atomic E-state index is 4.48. The molecule has 0 aromatic carbocycles. The van der Waals surface area contributed by atoms with Crippen molar-refractivity contribution in [2.24, 2.45) is 0 Å². The Labute approximate surface area is 102 Å². The topological polar surface area (TPSA) is 28.2 Å². The minimum absolute atomic E-state index is 0.799. The second-order valence-electron chi connectivity index (χ2n) is 4.77. The molecule has 1 aromatic heterocycles. The molecule has 0 atom stereocenters. The van der Waals surface area contributed by atoms with Crippen LogP contribution in [0.2, 0.25) is 0 Å². The Kier molecular flexibility index (Phi) is 4.32. The van der Waals surface area contributed by atoms with E-state index in [4.69, 9.17) is 0 Å². The van der Waals surface area contributed by atoms with Crippen LogP contribution < -0.4 is 5.32 Å². The number of nitrogens with zero attached hydrogens (tertiary/aromatic N) is 2. The highest BCUT2D eigenvalue weighted by Gasteiger charge is 2.26. The van der Waals surface area contributed by atoms with Gasteiger partial charge < -0.3 is 10.2 Å². The molecule has 0 radical (unpaired) electrons. The Bertz CT molecular complexity index is 318. The first-order chi connectivity index (χ1) is 7.75. The highest BCUT2D eigenvalue weighted by molar-refractivity contribution is 7.11. The molecular formula is C12H21N3S. The van der Waals surface area contributed by atoms with Gasteiger partial charge in [0.15, 0.2) is 0 Å². The third-order valence-corrected chi connectivity index (χ3v) is 3.92. The quantitative estimate of drug-likeness (QED) is 0.738. The van der Waals surface area contributed by atoms with E-state index < -0.39 is 0 Å². The number of rotatable bonds is 7. The van der Waals surface area contributed by atoms with E-state index in [0.29, 0.717) is 0 Å². The first-order valence-corrected chi connectivity index (χ1v) is 6.87. The van der Waals surface area contributed by atoms with Crippen molar-refractivity contribution in [3.8, 4) is 0 Å². The van der Waals surface area contributed by atoms with E-state index in [1.54, 1.807) is 0 Å². The molecule has 0 unspecified atom stereocenters. The van der Waals surface area contributed by atoms with E-state index in [1.807, 2.05) is 17.5 Å². The Morgan fingerprint density at radius 1 is 1.50 bits per heavy atom. The van der Waals surface area contributed by atoms with Gasteiger partial charge in [0.25, 0.3) is 0 Å². The van der Waals surface area contributed by atoms with Gasteiger partial charge in [0.05, 0.1) is 5.01 Å². The molecule has 3 nitrogen and oxygen atoms in total. The summed E-state index contributed by atoms with van der Waals surface area (Å²) in [6.07, 6.45) is 5.95. The predicted octanol–water partition coefficient (Wildman–Crippen LogP) is 2.06. The molecule has 90 valence electrons. The molecule has 0 bridgehead atoms. The molecule has 0 aliphatic heterocycles. The fourth-order valence-electron chi connectivity index (χ4n) is 1.66. The molecule has 1 aliphatic rings. The molecule has 1 aliphatic carbocycles. The van der Waals surface area contributed by atoms with Crippen LogP contribution in [-0.2, 0) is 6.54 Å². The first kappa shape index (κ1) is 12.0. The summed E-state index contributed by atoms with van der Waals surface area (Å²) < 4.78 is 0. The third-order valence-electron chi connectivity index (χ3n) is 2.76. The molecule has 1 N–H and O–H groups in total. The smallest absolute Gasteiger partial charge is 0.0959 e. The summed E-state index contributed by atoms with van der Waals surface area (Å²) in [4.78, 5) is 8.08. The van der Waals surface area contributed by atoms with Crippen molar-refractivity contribution < 1.29 is 0 Å². The van der Waals surface area contributed by atoms with Crippen molar-refractivity contribution in [2.75, 3.05) is 27.2 Å². The van der Waals surface area contributed by atoms with Crippen molar-refractivity contribution >= 4 is 11.3 Å². The van der Waals surface area contributed by atoms with Crippen molar-refractivity contribution in [3.05, 3.63) is 16.1 Å². The fourth-order valence-corrected chi connectivity index (χ4v) is 2.71. The molecule has 0 amide bonds. The molecule has 1 aromatic rings. The van der Waals surface area contributed by atoms with Crippen molar-refractivity contribution in [2.45, 2.75) is 31.7 Å². The second kappa shape index (κ2) is 5.75. The zero-order chi connectivity index (χ0) is 11.4. The lowest BCUT2D eigenvalue weighted by atomic mass is 10.4. The van der Waals surface area contributed by atoms with Crippen LogP contribution in [0.15, 0.2) is 6.20 Å². The molecule has 2 rings (SSSR count). The SMILES string of the molecule is CN(C)CCCNCc1cnc(C2CC2)s1. The molecule has 1 heterocycles. The predicted molar refractivity (Wildman–Crippen MR) is 69.0 cm³/mol. The Morgan fingerprint density at radius 2 is 2.31 bits per heavy atom.